The number of carbonyl (C=O) groups is 1. The average Bonchev–Trinajstić information content (AvgIpc) is 3.09. The smallest absolute Gasteiger partial charge is 0.350 e. The molecule has 0 amide bonds. The summed E-state index contributed by atoms with van der Waals surface area (Å²) in [5.41, 5.74) is 2.94. The second kappa shape index (κ2) is 8.88. The molecule has 0 aromatic carbocycles. The van der Waals surface area contributed by atoms with Crippen molar-refractivity contribution in [3.05, 3.63) is 41.6 Å². The zero-order valence-corrected chi connectivity index (χ0v) is 17.1. The third-order valence-electron chi connectivity index (χ3n) is 3.79. The number of esters is 1. The molecule has 0 fully saturated rings. The standard InChI is InChI=1S/C20H22N4O3S/c1-5-26-20(25)18-13(4)24-19(28-18)16-6-15(14-7-21-11-22-8-14)17(9-23-16)27-10-12(2)3/h6-9,11-12H,5,10H2,1-4H3. The average molecular weight is 398 g/mol. The molecule has 3 aromatic heterocycles. The van der Waals surface area contributed by atoms with E-state index in [1.54, 1.807) is 32.4 Å². The fourth-order valence-electron chi connectivity index (χ4n) is 2.49. The number of pyridine rings is 1. The van der Waals surface area contributed by atoms with Crippen LogP contribution in [0.25, 0.3) is 21.8 Å². The van der Waals surface area contributed by atoms with Gasteiger partial charge in [0.1, 0.15) is 22.0 Å². The normalized spacial score (nSPS) is 10.9. The van der Waals surface area contributed by atoms with Crippen LogP contribution >= 0.6 is 11.3 Å². The molecule has 0 spiro atoms. The third kappa shape index (κ3) is 4.51. The van der Waals surface area contributed by atoms with E-state index in [1.807, 2.05) is 6.07 Å². The van der Waals surface area contributed by atoms with Gasteiger partial charge in [-0.1, -0.05) is 13.8 Å². The Morgan fingerprint density at radius 2 is 1.96 bits per heavy atom. The summed E-state index contributed by atoms with van der Waals surface area (Å²) in [5, 5.41) is 0.647. The van der Waals surface area contributed by atoms with Gasteiger partial charge in [0.2, 0.25) is 0 Å². The molecular weight excluding hydrogens is 376 g/mol. The van der Waals surface area contributed by atoms with E-state index in [0.717, 1.165) is 11.1 Å². The molecule has 0 N–H and O–H groups in total. The van der Waals surface area contributed by atoms with E-state index in [9.17, 15) is 4.79 Å². The van der Waals surface area contributed by atoms with Gasteiger partial charge in [-0.05, 0) is 25.8 Å². The van der Waals surface area contributed by atoms with Gasteiger partial charge in [-0.15, -0.1) is 11.3 Å². The molecule has 0 radical (unpaired) electrons. The van der Waals surface area contributed by atoms with E-state index in [2.05, 4.69) is 33.8 Å². The minimum atomic E-state index is -0.364. The number of nitrogens with zero attached hydrogens (tertiary/aromatic N) is 4. The lowest BCUT2D eigenvalue weighted by Gasteiger charge is -2.13. The largest absolute Gasteiger partial charge is 0.491 e. The monoisotopic (exact) mass is 398 g/mol. The topological polar surface area (TPSA) is 87.1 Å². The molecule has 28 heavy (non-hydrogen) atoms. The molecule has 0 aliphatic heterocycles. The lowest BCUT2D eigenvalue weighted by molar-refractivity contribution is 0.0531. The van der Waals surface area contributed by atoms with Crippen LogP contribution in [0.15, 0.2) is 31.0 Å². The van der Waals surface area contributed by atoms with Gasteiger partial charge in [-0.25, -0.2) is 24.7 Å². The van der Waals surface area contributed by atoms with E-state index < -0.39 is 0 Å². The molecule has 146 valence electrons. The molecule has 0 bridgehead atoms. The summed E-state index contributed by atoms with van der Waals surface area (Å²) < 4.78 is 11.0. The maximum absolute atomic E-state index is 12.1. The Morgan fingerprint density at radius 3 is 2.64 bits per heavy atom. The highest BCUT2D eigenvalue weighted by Crippen LogP contribution is 2.34. The minimum absolute atomic E-state index is 0.323. The van der Waals surface area contributed by atoms with Crippen molar-refractivity contribution in [3.8, 4) is 27.6 Å². The number of thiazole rings is 1. The van der Waals surface area contributed by atoms with E-state index in [-0.39, 0.29) is 5.97 Å². The third-order valence-corrected chi connectivity index (χ3v) is 4.95. The maximum atomic E-state index is 12.1. The first-order valence-electron chi connectivity index (χ1n) is 9.02. The van der Waals surface area contributed by atoms with Crippen molar-refractivity contribution in [3.63, 3.8) is 0 Å². The van der Waals surface area contributed by atoms with Gasteiger partial charge in [0.15, 0.2) is 0 Å². The Kier molecular flexibility index (Phi) is 6.30. The van der Waals surface area contributed by atoms with Crippen molar-refractivity contribution >= 4 is 17.3 Å². The number of hydrogen-bond acceptors (Lipinski definition) is 8. The summed E-state index contributed by atoms with van der Waals surface area (Å²) in [7, 11) is 0. The van der Waals surface area contributed by atoms with Crippen LogP contribution in [0.4, 0.5) is 0 Å². The predicted octanol–water partition coefficient (Wildman–Crippen LogP) is 4.18. The van der Waals surface area contributed by atoms with Gasteiger partial charge < -0.3 is 9.47 Å². The van der Waals surface area contributed by atoms with E-state index >= 15 is 0 Å². The SMILES string of the molecule is CCOC(=O)c1sc(-c2cc(-c3cncnc3)c(OCC(C)C)cn2)nc1C. The van der Waals surface area contributed by atoms with E-state index in [4.69, 9.17) is 9.47 Å². The summed E-state index contributed by atoms with van der Waals surface area (Å²) >= 11 is 1.27. The first-order valence-corrected chi connectivity index (χ1v) is 9.84. The first kappa shape index (κ1) is 19.9. The molecule has 0 aliphatic carbocycles. The van der Waals surface area contributed by atoms with Crippen LogP contribution in [0.5, 0.6) is 5.75 Å². The Hall–Kier alpha value is -2.87. The Morgan fingerprint density at radius 1 is 1.21 bits per heavy atom. The van der Waals surface area contributed by atoms with Gasteiger partial charge in [-0.2, -0.15) is 0 Å². The zero-order valence-electron chi connectivity index (χ0n) is 16.3. The number of ether oxygens (including phenoxy) is 2. The molecule has 0 atom stereocenters. The van der Waals surface area contributed by atoms with E-state index in [1.165, 1.54) is 17.7 Å². The predicted molar refractivity (Wildman–Crippen MR) is 107 cm³/mol. The van der Waals surface area contributed by atoms with Crippen molar-refractivity contribution < 1.29 is 14.3 Å². The van der Waals surface area contributed by atoms with Crippen molar-refractivity contribution in [1.29, 1.82) is 0 Å². The minimum Gasteiger partial charge on any atom is -0.491 e. The molecule has 0 aliphatic rings. The number of hydrogen-bond donors (Lipinski definition) is 0. The fraction of sp³-hybridized carbons (Fsp3) is 0.350. The first-order chi connectivity index (χ1) is 13.5. The number of aromatic nitrogens is 4. The summed E-state index contributed by atoms with van der Waals surface area (Å²) in [5.74, 6) is 0.678. The lowest BCUT2D eigenvalue weighted by atomic mass is 10.1. The molecule has 0 unspecified atom stereocenters. The summed E-state index contributed by atoms with van der Waals surface area (Å²) in [6, 6.07) is 1.89. The van der Waals surface area contributed by atoms with Crippen molar-refractivity contribution in [1.82, 2.24) is 19.9 Å². The highest BCUT2D eigenvalue weighted by molar-refractivity contribution is 7.17. The van der Waals surface area contributed by atoms with Gasteiger partial charge >= 0.3 is 5.97 Å². The fourth-order valence-corrected chi connectivity index (χ4v) is 3.41. The van der Waals surface area contributed by atoms with Crippen LogP contribution in [0.2, 0.25) is 0 Å². The van der Waals surface area contributed by atoms with Crippen LogP contribution in [0.1, 0.15) is 36.1 Å². The molecule has 3 rings (SSSR count). The van der Waals surface area contributed by atoms with Gasteiger partial charge in [0.05, 0.1) is 30.8 Å². The van der Waals surface area contributed by atoms with Crippen molar-refractivity contribution in [2.75, 3.05) is 13.2 Å². The van der Waals surface area contributed by atoms with Gasteiger partial charge in [0.25, 0.3) is 0 Å². The summed E-state index contributed by atoms with van der Waals surface area (Å²) in [6.07, 6.45) is 6.62. The van der Waals surface area contributed by atoms with Crippen LogP contribution in [0.3, 0.4) is 0 Å². The second-order valence-electron chi connectivity index (χ2n) is 6.55. The molecule has 3 heterocycles. The van der Waals surface area contributed by atoms with Gasteiger partial charge in [-0.3, -0.25) is 0 Å². The highest BCUT2D eigenvalue weighted by atomic mass is 32.1. The highest BCUT2D eigenvalue weighted by Gasteiger charge is 2.19. The Bertz CT molecular complexity index is 957. The molecule has 8 heteroatoms. The zero-order chi connectivity index (χ0) is 20.1. The Balaban J connectivity index is 2.01. The second-order valence-corrected chi connectivity index (χ2v) is 7.55. The van der Waals surface area contributed by atoms with Gasteiger partial charge in [0, 0.05) is 23.5 Å². The van der Waals surface area contributed by atoms with Crippen molar-refractivity contribution in [2.24, 2.45) is 5.92 Å². The number of carbonyl (C=O) groups excluding carboxylic acids is 1. The van der Waals surface area contributed by atoms with Crippen LogP contribution in [-0.4, -0.2) is 39.1 Å². The van der Waals surface area contributed by atoms with Crippen LogP contribution in [-0.2, 0) is 4.74 Å². The van der Waals surface area contributed by atoms with E-state index in [0.29, 0.717) is 46.2 Å². The summed E-state index contributed by atoms with van der Waals surface area (Å²) in [4.78, 5) is 29.8. The van der Waals surface area contributed by atoms with Crippen LogP contribution < -0.4 is 4.74 Å². The molecular formula is C20H22N4O3S. The molecule has 0 saturated carbocycles. The molecule has 7 nitrogen and oxygen atoms in total. The van der Waals surface area contributed by atoms with Crippen molar-refractivity contribution in [2.45, 2.75) is 27.7 Å². The lowest BCUT2D eigenvalue weighted by Crippen LogP contribution is -2.06. The quantitative estimate of drug-likeness (QED) is 0.552. The van der Waals surface area contributed by atoms with Crippen LogP contribution in [0, 0.1) is 12.8 Å². The maximum Gasteiger partial charge on any atom is 0.350 e. The molecule has 0 saturated heterocycles. The molecule has 3 aromatic rings. The summed E-state index contributed by atoms with van der Waals surface area (Å²) in [6.45, 7) is 8.64. The number of aryl methyl sites for hydroxylation is 1. The number of rotatable bonds is 7. The Labute approximate surface area is 167 Å².